The highest BCUT2D eigenvalue weighted by molar-refractivity contribution is 14.0. The highest BCUT2D eigenvalue weighted by atomic mass is 127. The van der Waals surface area contributed by atoms with Gasteiger partial charge in [0.1, 0.15) is 0 Å². The van der Waals surface area contributed by atoms with Crippen LogP contribution >= 0.6 is 24.0 Å². The first-order valence-corrected chi connectivity index (χ1v) is 8.44. The van der Waals surface area contributed by atoms with Crippen LogP contribution in [0.3, 0.4) is 0 Å². The van der Waals surface area contributed by atoms with Crippen molar-refractivity contribution in [1.29, 1.82) is 0 Å². The van der Waals surface area contributed by atoms with Crippen LogP contribution in [0.1, 0.15) is 31.7 Å². The number of likely N-dealkylation sites (tertiary alicyclic amines) is 1. The number of benzene rings is 1. The number of likely N-dealkylation sites (N-methyl/N-ethyl adjacent to an activating group) is 1. The molecule has 2 rings (SSSR count). The number of hydrogen-bond acceptors (Lipinski definition) is 2. The quantitative estimate of drug-likeness (QED) is 0.442. The number of guanidine groups is 1. The molecule has 23 heavy (non-hydrogen) atoms. The first-order chi connectivity index (χ1) is 10.7. The molecule has 1 aromatic rings. The molecule has 0 saturated carbocycles. The Morgan fingerprint density at radius 1 is 1.30 bits per heavy atom. The van der Waals surface area contributed by atoms with Crippen molar-refractivity contribution in [3.63, 3.8) is 0 Å². The smallest absolute Gasteiger partial charge is 0.193 e. The lowest BCUT2D eigenvalue weighted by Gasteiger charge is -2.35. The van der Waals surface area contributed by atoms with Gasteiger partial charge >= 0.3 is 0 Å². The van der Waals surface area contributed by atoms with Gasteiger partial charge in [-0.05, 0) is 31.5 Å². The summed E-state index contributed by atoms with van der Waals surface area (Å²) in [6.07, 6.45) is 3.98. The van der Waals surface area contributed by atoms with E-state index in [4.69, 9.17) is 0 Å². The summed E-state index contributed by atoms with van der Waals surface area (Å²) in [5, 5.41) is 3.56. The average Bonchev–Trinajstić information content (AvgIpc) is 2.56. The minimum Gasteiger partial charge on any atom is -0.355 e. The van der Waals surface area contributed by atoms with Crippen molar-refractivity contribution in [2.75, 3.05) is 33.7 Å². The molecule has 0 bridgehead atoms. The zero-order valence-corrected chi connectivity index (χ0v) is 17.0. The Bertz CT molecular complexity index is 463. The molecule has 0 aromatic heterocycles. The summed E-state index contributed by atoms with van der Waals surface area (Å²) < 4.78 is 0. The minimum atomic E-state index is 0. The van der Waals surface area contributed by atoms with Gasteiger partial charge < -0.3 is 10.2 Å². The van der Waals surface area contributed by atoms with Gasteiger partial charge in [0.2, 0.25) is 0 Å². The maximum atomic E-state index is 4.43. The molecule has 1 aliphatic rings. The Morgan fingerprint density at radius 2 is 2.04 bits per heavy atom. The Hall–Kier alpha value is -0.820. The van der Waals surface area contributed by atoms with Crippen LogP contribution in [0.5, 0.6) is 0 Å². The zero-order valence-electron chi connectivity index (χ0n) is 14.7. The van der Waals surface area contributed by atoms with E-state index in [1.807, 2.05) is 7.05 Å². The molecule has 1 fully saturated rings. The number of nitrogens with one attached hydrogen (secondary N) is 1. The average molecular weight is 430 g/mol. The van der Waals surface area contributed by atoms with E-state index in [1.165, 1.54) is 31.4 Å². The van der Waals surface area contributed by atoms with Gasteiger partial charge in [0.15, 0.2) is 5.96 Å². The van der Waals surface area contributed by atoms with Crippen molar-refractivity contribution in [2.45, 2.75) is 38.8 Å². The lowest BCUT2D eigenvalue weighted by Crippen LogP contribution is -2.49. The maximum Gasteiger partial charge on any atom is 0.193 e. The topological polar surface area (TPSA) is 30.9 Å². The normalized spacial score (nSPS) is 19.1. The number of hydrogen-bond donors (Lipinski definition) is 1. The van der Waals surface area contributed by atoms with E-state index >= 15 is 0 Å². The van der Waals surface area contributed by atoms with Gasteiger partial charge in [-0.1, -0.05) is 43.7 Å². The third-order valence-electron chi connectivity index (χ3n) is 4.49. The molecule has 1 aliphatic heterocycles. The SMILES string of the molecule is CCN1CCCCC1CNC(=NC)N(C)Cc1ccccc1.I. The summed E-state index contributed by atoms with van der Waals surface area (Å²) in [6, 6.07) is 11.2. The second-order valence-corrected chi connectivity index (χ2v) is 6.05. The minimum absolute atomic E-state index is 0. The van der Waals surface area contributed by atoms with Gasteiger partial charge in [0.25, 0.3) is 0 Å². The molecule has 0 spiro atoms. The fraction of sp³-hybridized carbons (Fsp3) is 0.611. The first kappa shape index (κ1) is 20.2. The molecule has 1 unspecified atom stereocenters. The monoisotopic (exact) mass is 430 g/mol. The van der Waals surface area contributed by atoms with Crippen LogP contribution in [0.15, 0.2) is 35.3 Å². The van der Waals surface area contributed by atoms with Crippen molar-refractivity contribution >= 4 is 29.9 Å². The lowest BCUT2D eigenvalue weighted by atomic mass is 10.0. The Balaban J connectivity index is 0.00000264. The fourth-order valence-electron chi connectivity index (χ4n) is 3.23. The van der Waals surface area contributed by atoms with E-state index in [9.17, 15) is 0 Å². The van der Waals surface area contributed by atoms with Gasteiger partial charge in [-0.15, -0.1) is 24.0 Å². The molecule has 1 aromatic carbocycles. The Morgan fingerprint density at radius 3 is 2.70 bits per heavy atom. The van der Waals surface area contributed by atoms with Gasteiger partial charge in [0.05, 0.1) is 0 Å². The van der Waals surface area contributed by atoms with E-state index in [0.29, 0.717) is 6.04 Å². The molecular weight excluding hydrogens is 399 g/mol. The molecule has 4 nitrogen and oxygen atoms in total. The van der Waals surface area contributed by atoms with Gasteiger partial charge in [-0.25, -0.2) is 0 Å². The van der Waals surface area contributed by atoms with Crippen LogP contribution in [0.4, 0.5) is 0 Å². The van der Waals surface area contributed by atoms with E-state index in [2.05, 4.69) is 64.4 Å². The van der Waals surface area contributed by atoms with Crippen LogP contribution in [0.2, 0.25) is 0 Å². The fourth-order valence-corrected chi connectivity index (χ4v) is 3.23. The van der Waals surface area contributed by atoms with E-state index in [0.717, 1.165) is 25.6 Å². The van der Waals surface area contributed by atoms with Crippen LogP contribution in [0, 0.1) is 0 Å². The molecule has 0 aliphatic carbocycles. The number of nitrogens with zero attached hydrogens (tertiary/aromatic N) is 3. The Kier molecular flexibility index (Phi) is 9.55. The highest BCUT2D eigenvalue weighted by Crippen LogP contribution is 2.15. The summed E-state index contributed by atoms with van der Waals surface area (Å²) in [5.74, 6) is 0.977. The molecule has 5 heteroatoms. The predicted octanol–water partition coefficient (Wildman–Crippen LogP) is 3.19. The first-order valence-electron chi connectivity index (χ1n) is 8.44. The van der Waals surface area contributed by atoms with Crippen molar-refractivity contribution in [3.05, 3.63) is 35.9 Å². The standard InChI is InChI=1S/C18H30N4.HI/c1-4-22-13-9-8-12-17(22)14-20-18(19-2)21(3)15-16-10-6-5-7-11-16;/h5-7,10-11,17H,4,8-9,12-15H2,1-3H3,(H,19,20);1H. The number of rotatable bonds is 5. The Labute approximate surface area is 158 Å². The van der Waals surface area contributed by atoms with E-state index < -0.39 is 0 Å². The summed E-state index contributed by atoms with van der Waals surface area (Å²) in [4.78, 5) is 9.21. The molecular formula is C18H31IN4. The van der Waals surface area contributed by atoms with Crippen LogP contribution in [-0.4, -0.2) is 55.5 Å². The second kappa shape index (κ2) is 10.9. The molecule has 0 amide bonds. The number of halogens is 1. The lowest BCUT2D eigenvalue weighted by molar-refractivity contribution is 0.156. The molecule has 0 radical (unpaired) electrons. The van der Waals surface area contributed by atoms with Crippen molar-refractivity contribution in [2.24, 2.45) is 4.99 Å². The third kappa shape index (κ3) is 6.30. The van der Waals surface area contributed by atoms with E-state index in [-0.39, 0.29) is 24.0 Å². The highest BCUT2D eigenvalue weighted by Gasteiger charge is 2.21. The molecule has 130 valence electrons. The third-order valence-corrected chi connectivity index (χ3v) is 4.49. The van der Waals surface area contributed by atoms with Gasteiger partial charge in [0, 0.05) is 33.2 Å². The summed E-state index contributed by atoms with van der Waals surface area (Å²) >= 11 is 0. The number of piperidine rings is 1. The molecule has 1 heterocycles. The molecule has 1 N–H and O–H groups in total. The maximum absolute atomic E-state index is 4.43. The summed E-state index contributed by atoms with van der Waals surface area (Å²) in [5.41, 5.74) is 1.31. The van der Waals surface area contributed by atoms with Crippen LogP contribution in [-0.2, 0) is 6.54 Å². The summed E-state index contributed by atoms with van der Waals surface area (Å²) in [6.45, 7) is 6.50. The van der Waals surface area contributed by atoms with Crippen molar-refractivity contribution in [3.8, 4) is 0 Å². The summed E-state index contributed by atoms with van der Waals surface area (Å²) in [7, 11) is 3.96. The zero-order chi connectivity index (χ0) is 15.8. The van der Waals surface area contributed by atoms with Crippen LogP contribution in [0.25, 0.3) is 0 Å². The van der Waals surface area contributed by atoms with Crippen LogP contribution < -0.4 is 5.32 Å². The van der Waals surface area contributed by atoms with E-state index in [1.54, 1.807) is 0 Å². The predicted molar refractivity (Wildman–Crippen MR) is 110 cm³/mol. The van der Waals surface area contributed by atoms with Crippen molar-refractivity contribution in [1.82, 2.24) is 15.1 Å². The molecule has 1 atom stereocenters. The van der Waals surface area contributed by atoms with Gasteiger partial charge in [-0.2, -0.15) is 0 Å². The van der Waals surface area contributed by atoms with Gasteiger partial charge in [-0.3, -0.25) is 9.89 Å². The number of aliphatic imine (C=N–C) groups is 1. The second-order valence-electron chi connectivity index (χ2n) is 6.05. The molecule has 1 saturated heterocycles. The largest absolute Gasteiger partial charge is 0.355 e. The van der Waals surface area contributed by atoms with Crippen molar-refractivity contribution < 1.29 is 0 Å².